The molecule has 0 aromatic heterocycles. The van der Waals surface area contributed by atoms with Crippen LogP contribution in [0.15, 0.2) is 21.1 Å². The van der Waals surface area contributed by atoms with Gasteiger partial charge in [-0.3, -0.25) is 14.9 Å². The Hall–Kier alpha value is -0.950. The molecule has 5 nitrogen and oxygen atoms in total. The number of carbonyl (C=O) groups is 1. The van der Waals surface area contributed by atoms with E-state index in [0.29, 0.717) is 27.5 Å². The van der Waals surface area contributed by atoms with E-state index in [9.17, 15) is 14.9 Å². The van der Waals surface area contributed by atoms with Gasteiger partial charge in [-0.2, -0.15) is 0 Å². The predicted octanol–water partition coefficient (Wildman–Crippen LogP) is 4.26. The van der Waals surface area contributed by atoms with E-state index < -0.39 is 10.3 Å². The molecule has 2 rings (SSSR count). The first-order chi connectivity index (χ1) is 9.29. The third-order valence-corrected chi connectivity index (χ3v) is 5.08. The number of ether oxygens (including phenoxy) is 1. The Morgan fingerprint density at radius 2 is 2.00 bits per heavy atom. The van der Waals surface area contributed by atoms with Crippen molar-refractivity contribution >= 4 is 43.3 Å². The molecule has 2 atom stereocenters. The molecule has 0 N–H and O–H groups in total. The van der Waals surface area contributed by atoms with E-state index in [-0.39, 0.29) is 17.6 Å². The third-order valence-electron chi connectivity index (χ3n) is 3.91. The molecule has 0 saturated heterocycles. The van der Waals surface area contributed by atoms with Gasteiger partial charge >= 0.3 is 0 Å². The number of hydrogen-bond acceptors (Lipinski definition) is 4. The molecule has 0 radical (unpaired) electrons. The van der Waals surface area contributed by atoms with Crippen LogP contribution in [0.4, 0.5) is 5.69 Å². The topological polar surface area (TPSA) is 69.4 Å². The van der Waals surface area contributed by atoms with E-state index in [1.807, 2.05) is 13.8 Å². The zero-order chi connectivity index (χ0) is 15.1. The number of nitrogens with zero attached hydrogens (tertiary/aromatic N) is 1. The number of carbonyl (C=O) groups excluding carboxylic acids is 1. The number of non-ortho nitro benzene ring substituents is 1. The van der Waals surface area contributed by atoms with Gasteiger partial charge in [-0.1, -0.05) is 6.92 Å². The first-order valence-corrected chi connectivity index (χ1v) is 7.71. The van der Waals surface area contributed by atoms with E-state index in [2.05, 4.69) is 31.9 Å². The van der Waals surface area contributed by atoms with Crippen LogP contribution >= 0.6 is 31.9 Å². The van der Waals surface area contributed by atoms with E-state index in [0.717, 1.165) is 0 Å². The van der Waals surface area contributed by atoms with Gasteiger partial charge in [0.1, 0.15) is 17.6 Å². The van der Waals surface area contributed by atoms with Crippen LogP contribution in [0.5, 0.6) is 5.75 Å². The third kappa shape index (κ3) is 2.48. The number of rotatable bonds is 4. The summed E-state index contributed by atoms with van der Waals surface area (Å²) in [5, 5.41) is 10.8. The van der Waals surface area contributed by atoms with E-state index in [4.69, 9.17) is 4.74 Å². The smallest absolute Gasteiger partial charge is 0.271 e. The Morgan fingerprint density at radius 3 is 2.40 bits per heavy atom. The van der Waals surface area contributed by atoms with E-state index in [1.165, 1.54) is 12.1 Å². The molecule has 0 aliphatic heterocycles. The zero-order valence-electron chi connectivity index (χ0n) is 11.0. The molecule has 1 fully saturated rings. The quantitative estimate of drug-likeness (QED) is 0.553. The maximum atomic E-state index is 11.7. The summed E-state index contributed by atoms with van der Waals surface area (Å²) >= 11 is 6.56. The molecule has 0 spiro atoms. The normalized spacial score (nSPS) is 25.2. The van der Waals surface area contributed by atoms with E-state index >= 15 is 0 Å². The van der Waals surface area contributed by atoms with Gasteiger partial charge in [-0.05, 0) is 45.2 Å². The molecule has 1 aliphatic rings. The lowest BCUT2D eigenvalue weighted by Gasteiger charge is -2.44. The van der Waals surface area contributed by atoms with Crippen molar-refractivity contribution in [2.75, 3.05) is 0 Å². The highest BCUT2D eigenvalue weighted by Gasteiger charge is 2.51. The first kappa shape index (κ1) is 15.4. The SMILES string of the molecule is CCC1(C)C(=O)CC1Oc1c(Br)cc([N+](=O)[O-])cc1Br. The molecule has 1 aromatic carbocycles. The first-order valence-electron chi connectivity index (χ1n) is 6.13. The van der Waals surface area contributed by atoms with Crippen molar-refractivity contribution in [3.05, 3.63) is 31.2 Å². The molecule has 2 unspecified atom stereocenters. The maximum absolute atomic E-state index is 11.7. The van der Waals surface area contributed by atoms with Crippen LogP contribution in [0.3, 0.4) is 0 Å². The summed E-state index contributed by atoms with van der Waals surface area (Å²) in [4.78, 5) is 22.0. The van der Waals surface area contributed by atoms with Crippen LogP contribution in [0.25, 0.3) is 0 Å². The molecular weight excluding hydrogens is 394 g/mol. The lowest BCUT2D eigenvalue weighted by Crippen LogP contribution is -2.54. The summed E-state index contributed by atoms with van der Waals surface area (Å²) in [6.45, 7) is 3.84. The molecule has 1 aromatic rings. The summed E-state index contributed by atoms with van der Waals surface area (Å²) in [6, 6.07) is 2.79. The van der Waals surface area contributed by atoms with Crippen molar-refractivity contribution in [2.45, 2.75) is 32.8 Å². The molecule has 0 amide bonds. The van der Waals surface area contributed by atoms with Crippen molar-refractivity contribution < 1.29 is 14.5 Å². The van der Waals surface area contributed by atoms with Gasteiger partial charge in [0.25, 0.3) is 5.69 Å². The number of halogens is 2. The van der Waals surface area contributed by atoms with Gasteiger partial charge in [-0.15, -0.1) is 0 Å². The maximum Gasteiger partial charge on any atom is 0.271 e. The number of nitro groups is 1. The van der Waals surface area contributed by atoms with Crippen molar-refractivity contribution in [3.63, 3.8) is 0 Å². The number of nitro benzene ring substituents is 1. The van der Waals surface area contributed by atoms with Gasteiger partial charge in [-0.25, -0.2) is 0 Å². The standard InChI is InChI=1S/C13H13Br2NO4/c1-3-13(2)10(17)6-11(13)20-12-8(14)4-7(16(18)19)5-9(12)15/h4-5,11H,3,6H2,1-2H3. The summed E-state index contributed by atoms with van der Waals surface area (Å²) in [7, 11) is 0. The number of benzene rings is 1. The minimum absolute atomic E-state index is 0.0287. The largest absolute Gasteiger partial charge is 0.487 e. The van der Waals surface area contributed by atoms with Gasteiger partial charge in [0.2, 0.25) is 0 Å². The highest BCUT2D eigenvalue weighted by Crippen LogP contribution is 2.46. The molecule has 0 heterocycles. The van der Waals surface area contributed by atoms with Crippen LogP contribution in [-0.2, 0) is 4.79 Å². The minimum atomic E-state index is -0.472. The van der Waals surface area contributed by atoms with Crippen LogP contribution in [0.1, 0.15) is 26.7 Å². The fourth-order valence-electron chi connectivity index (χ4n) is 2.18. The van der Waals surface area contributed by atoms with Crippen molar-refractivity contribution in [1.29, 1.82) is 0 Å². The molecule has 108 valence electrons. The summed E-state index contributed by atoms with van der Waals surface area (Å²) < 4.78 is 6.88. The zero-order valence-corrected chi connectivity index (χ0v) is 14.2. The minimum Gasteiger partial charge on any atom is -0.487 e. The van der Waals surface area contributed by atoms with Crippen molar-refractivity contribution in [2.24, 2.45) is 5.41 Å². The Morgan fingerprint density at radius 1 is 1.45 bits per heavy atom. The monoisotopic (exact) mass is 405 g/mol. The summed E-state index contributed by atoms with van der Waals surface area (Å²) in [5.41, 5.74) is -0.500. The molecule has 1 aliphatic carbocycles. The molecular formula is C13H13Br2NO4. The fourth-order valence-corrected chi connectivity index (χ4v) is 3.53. The Kier molecular flexibility index (Phi) is 4.20. The molecule has 20 heavy (non-hydrogen) atoms. The van der Waals surface area contributed by atoms with Crippen LogP contribution in [0, 0.1) is 15.5 Å². The highest BCUT2D eigenvalue weighted by molar-refractivity contribution is 9.11. The predicted molar refractivity (Wildman–Crippen MR) is 80.9 cm³/mol. The van der Waals surface area contributed by atoms with Gasteiger partial charge < -0.3 is 4.74 Å². The van der Waals surface area contributed by atoms with Crippen LogP contribution < -0.4 is 4.74 Å². The van der Waals surface area contributed by atoms with Crippen molar-refractivity contribution in [3.8, 4) is 5.75 Å². The van der Waals surface area contributed by atoms with Crippen LogP contribution in [-0.4, -0.2) is 16.8 Å². The Labute approximate surface area is 133 Å². The second-order valence-corrected chi connectivity index (χ2v) is 6.71. The summed E-state index contributed by atoms with van der Waals surface area (Å²) in [6.07, 6.45) is 0.882. The second kappa shape index (κ2) is 5.44. The molecule has 0 bridgehead atoms. The van der Waals surface area contributed by atoms with Crippen molar-refractivity contribution in [1.82, 2.24) is 0 Å². The highest BCUT2D eigenvalue weighted by atomic mass is 79.9. The summed E-state index contributed by atoms with van der Waals surface area (Å²) in [5.74, 6) is 0.687. The fraction of sp³-hybridized carbons (Fsp3) is 0.462. The van der Waals surface area contributed by atoms with Gasteiger partial charge in [0, 0.05) is 18.6 Å². The van der Waals surface area contributed by atoms with Crippen LogP contribution in [0.2, 0.25) is 0 Å². The van der Waals surface area contributed by atoms with Gasteiger partial charge in [0.15, 0.2) is 0 Å². The second-order valence-electron chi connectivity index (χ2n) is 5.00. The number of Topliss-reactive ketones (excluding diaryl/α,β-unsaturated/α-hetero) is 1. The Balaban J connectivity index is 2.27. The molecule has 7 heteroatoms. The van der Waals surface area contributed by atoms with Gasteiger partial charge in [0.05, 0.1) is 19.3 Å². The lowest BCUT2D eigenvalue weighted by atomic mass is 9.64. The lowest BCUT2D eigenvalue weighted by molar-refractivity contribution is -0.385. The average molecular weight is 407 g/mol. The van der Waals surface area contributed by atoms with E-state index in [1.54, 1.807) is 0 Å². The number of hydrogen-bond donors (Lipinski definition) is 0. The number of ketones is 1. The average Bonchev–Trinajstić information content (AvgIpc) is 2.39. The Bertz CT molecular complexity index is 567. The molecule has 1 saturated carbocycles.